The third kappa shape index (κ3) is 5.66. The van der Waals surface area contributed by atoms with Crippen molar-refractivity contribution >= 4 is 29.0 Å². The lowest BCUT2D eigenvalue weighted by Crippen LogP contribution is -2.52. The van der Waals surface area contributed by atoms with E-state index >= 15 is 0 Å². The van der Waals surface area contributed by atoms with Gasteiger partial charge in [-0.1, -0.05) is 11.6 Å². The molecule has 2 rings (SSSR count). The summed E-state index contributed by atoms with van der Waals surface area (Å²) in [5.41, 5.74) is 0.443. The molecule has 23 heavy (non-hydrogen) atoms. The van der Waals surface area contributed by atoms with Gasteiger partial charge in [0.15, 0.2) is 0 Å². The van der Waals surface area contributed by atoms with E-state index in [0.29, 0.717) is 12.6 Å². The Balaban J connectivity index is 1.91. The van der Waals surface area contributed by atoms with Crippen molar-refractivity contribution in [3.05, 3.63) is 20.8 Å². The number of hydrogen-bond acceptors (Lipinski definition) is 4. The van der Waals surface area contributed by atoms with E-state index in [1.807, 2.05) is 34.6 Å². The lowest BCUT2D eigenvalue weighted by molar-refractivity contribution is 0.0470. The van der Waals surface area contributed by atoms with Crippen LogP contribution in [0.5, 0.6) is 0 Å². The minimum absolute atomic E-state index is 0.308. The maximum absolute atomic E-state index is 12.0. The zero-order chi connectivity index (χ0) is 17.3. The van der Waals surface area contributed by atoms with Crippen LogP contribution in [0.15, 0.2) is 6.07 Å². The van der Waals surface area contributed by atoms with Crippen LogP contribution in [0.4, 0.5) is 4.79 Å². The smallest absolute Gasteiger partial charge is 0.408 e. The van der Waals surface area contributed by atoms with Gasteiger partial charge in [-0.2, -0.15) is 0 Å². The monoisotopic (exact) mass is 358 g/mol. The number of thiophene rings is 1. The predicted molar refractivity (Wildman–Crippen MR) is 96.5 cm³/mol. The Kier molecular flexibility index (Phi) is 5.64. The molecule has 2 N–H and O–H groups in total. The van der Waals surface area contributed by atoms with Crippen LogP contribution in [-0.2, 0) is 11.2 Å². The summed E-state index contributed by atoms with van der Waals surface area (Å²) >= 11 is 7.83. The molecule has 6 heteroatoms. The number of aryl methyl sites for hydroxylation is 1. The molecule has 4 nitrogen and oxygen atoms in total. The fourth-order valence-electron chi connectivity index (χ4n) is 2.74. The van der Waals surface area contributed by atoms with Gasteiger partial charge in [-0.05, 0) is 65.5 Å². The first-order valence-electron chi connectivity index (χ1n) is 8.08. The first-order chi connectivity index (χ1) is 10.6. The number of nitrogens with one attached hydrogen (secondary N) is 2. The highest BCUT2D eigenvalue weighted by molar-refractivity contribution is 7.16. The van der Waals surface area contributed by atoms with Gasteiger partial charge in [0.05, 0.1) is 9.88 Å². The van der Waals surface area contributed by atoms with E-state index in [-0.39, 0.29) is 11.6 Å². The van der Waals surface area contributed by atoms with Crippen LogP contribution in [0.1, 0.15) is 63.9 Å². The van der Waals surface area contributed by atoms with Crippen LogP contribution >= 0.6 is 22.9 Å². The number of rotatable bonds is 4. The molecule has 1 aliphatic carbocycles. The Morgan fingerprint density at radius 1 is 1.39 bits per heavy atom. The maximum Gasteiger partial charge on any atom is 0.408 e. The van der Waals surface area contributed by atoms with Gasteiger partial charge in [-0.15, -0.1) is 11.3 Å². The van der Waals surface area contributed by atoms with Gasteiger partial charge >= 0.3 is 6.09 Å². The summed E-state index contributed by atoms with van der Waals surface area (Å²) in [6.07, 6.45) is 3.00. The van der Waals surface area contributed by atoms with Crippen LogP contribution in [0.2, 0.25) is 4.34 Å². The van der Waals surface area contributed by atoms with Crippen LogP contribution in [0.25, 0.3) is 0 Å². The zero-order valence-corrected chi connectivity index (χ0v) is 16.2. The minimum Gasteiger partial charge on any atom is -0.444 e. The molecule has 0 spiro atoms. The van der Waals surface area contributed by atoms with Crippen molar-refractivity contribution in [1.29, 1.82) is 0 Å². The molecular weight excluding hydrogens is 332 g/mol. The van der Waals surface area contributed by atoms with Gasteiger partial charge in [0, 0.05) is 17.5 Å². The molecule has 0 saturated heterocycles. The highest BCUT2D eigenvalue weighted by Crippen LogP contribution is 2.37. The number of alkyl carbamates (subject to hydrolysis) is 1. The molecule has 130 valence electrons. The van der Waals surface area contributed by atoms with Crippen LogP contribution < -0.4 is 10.6 Å². The number of halogens is 1. The van der Waals surface area contributed by atoms with Gasteiger partial charge in [0.2, 0.25) is 0 Å². The summed E-state index contributed by atoms with van der Waals surface area (Å²) in [4.78, 5) is 13.3. The second-order valence-corrected chi connectivity index (χ2v) is 9.53. The SMILES string of the molecule is CC(C)(CNC1CCCc2sc(Cl)cc21)NC(=O)OC(C)(C)C. The lowest BCUT2D eigenvalue weighted by Gasteiger charge is -2.32. The quantitative estimate of drug-likeness (QED) is 0.822. The minimum atomic E-state index is -0.487. The van der Waals surface area contributed by atoms with Crippen LogP contribution in [0, 0.1) is 0 Å². The van der Waals surface area contributed by atoms with Gasteiger partial charge < -0.3 is 15.4 Å². The Hall–Kier alpha value is -0.780. The highest BCUT2D eigenvalue weighted by Gasteiger charge is 2.28. The summed E-state index contributed by atoms with van der Waals surface area (Å²) in [6.45, 7) is 10.2. The molecule has 1 aliphatic rings. The standard InChI is InChI=1S/C17H27ClN2O2S/c1-16(2,3)22-15(21)20-17(4,5)10-19-12-7-6-8-13-11(12)9-14(18)23-13/h9,12,19H,6-8,10H2,1-5H3,(H,20,21). The van der Waals surface area contributed by atoms with E-state index in [9.17, 15) is 4.79 Å². The third-order valence-corrected chi connectivity index (χ3v) is 5.05. The van der Waals surface area contributed by atoms with Crippen molar-refractivity contribution in [1.82, 2.24) is 10.6 Å². The number of ether oxygens (including phenoxy) is 1. The van der Waals surface area contributed by atoms with Crippen molar-refractivity contribution in [3.8, 4) is 0 Å². The maximum atomic E-state index is 12.0. The van der Waals surface area contributed by atoms with E-state index < -0.39 is 5.60 Å². The molecule has 0 aromatic carbocycles. The van der Waals surface area contributed by atoms with Gasteiger partial charge in [0.1, 0.15) is 5.60 Å². The lowest BCUT2D eigenvalue weighted by atomic mass is 9.93. The molecule has 1 amide bonds. The average molecular weight is 359 g/mol. The summed E-state index contributed by atoms with van der Waals surface area (Å²) in [5.74, 6) is 0. The fourth-order valence-corrected chi connectivity index (χ4v) is 4.12. The van der Waals surface area contributed by atoms with Crippen molar-refractivity contribution in [2.75, 3.05) is 6.54 Å². The van der Waals surface area contributed by atoms with E-state index in [2.05, 4.69) is 16.7 Å². The normalized spacial score (nSPS) is 18.4. The molecule has 1 unspecified atom stereocenters. The second kappa shape index (κ2) is 6.99. The molecule has 1 heterocycles. The van der Waals surface area contributed by atoms with Crippen molar-refractivity contribution in [2.45, 2.75) is 71.1 Å². The van der Waals surface area contributed by atoms with Crippen LogP contribution in [-0.4, -0.2) is 23.8 Å². The number of amides is 1. The first kappa shape index (κ1) is 18.6. The summed E-state index contributed by atoms with van der Waals surface area (Å²) < 4.78 is 6.19. The molecule has 0 fully saturated rings. The van der Waals surface area contributed by atoms with Gasteiger partial charge in [0.25, 0.3) is 0 Å². The van der Waals surface area contributed by atoms with Gasteiger partial charge in [-0.25, -0.2) is 4.79 Å². The molecule has 1 atom stereocenters. The second-order valence-electron chi connectivity index (χ2n) is 7.77. The molecule has 1 aromatic heterocycles. The Morgan fingerprint density at radius 3 is 2.74 bits per heavy atom. The topological polar surface area (TPSA) is 50.4 Å². The Morgan fingerprint density at radius 2 is 2.09 bits per heavy atom. The third-order valence-electron chi connectivity index (χ3n) is 3.71. The Labute approximate surface area is 147 Å². The van der Waals surface area contributed by atoms with E-state index in [4.69, 9.17) is 16.3 Å². The number of hydrogen-bond donors (Lipinski definition) is 2. The van der Waals surface area contributed by atoms with Crippen molar-refractivity contribution in [2.24, 2.45) is 0 Å². The fraction of sp³-hybridized carbons (Fsp3) is 0.706. The number of carbonyl (C=O) groups excluding carboxylic acids is 1. The average Bonchev–Trinajstić information content (AvgIpc) is 2.73. The molecule has 0 saturated carbocycles. The summed E-state index contributed by atoms with van der Waals surface area (Å²) in [6, 6.07) is 2.38. The highest BCUT2D eigenvalue weighted by atomic mass is 35.5. The number of fused-ring (bicyclic) bond motifs is 1. The van der Waals surface area contributed by atoms with Crippen molar-refractivity contribution < 1.29 is 9.53 Å². The summed E-state index contributed by atoms with van der Waals surface area (Å²) in [5, 5.41) is 6.51. The molecule has 0 aliphatic heterocycles. The van der Waals surface area contributed by atoms with E-state index in [1.165, 1.54) is 16.9 Å². The van der Waals surface area contributed by atoms with Gasteiger partial charge in [-0.3, -0.25) is 0 Å². The largest absolute Gasteiger partial charge is 0.444 e. The van der Waals surface area contributed by atoms with Crippen LogP contribution in [0.3, 0.4) is 0 Å². The van der Waals surface area contributed by atoms with E-state index in [0.717, 1.165) is 17.2 Å². The molecule has 1 aromatic rings. The first-order valence-corrected chi connectivity index (χ1v) is 9.28. The Bertz CT molecular complexity index is 563. The predicted octanol–water partition coefficient (Wildman–Crippen LogP) is 4.67. The molecular formula is C17H27ClN2O2S. The zero-order valence-electron chi connectivity index (χ0n) is 14.6. The molecule has 0 bridgehead atoms. The van der Waals surface area contributed by atoms with E-state index in [1.54, 1.807) is 11.3 Å². The van der Waals surface area contributed by atoms with Crippen molar-refractivity contribution in [3.63, 3.8) is 0 Å². The summed E-state index contributed by atoms with van der Waals surface area (Å²) in [7, 11) is 0. The number of carbonyl (C=O) groups is 1. The molecule has 0 radical (unpaired) electrons.